The average molecular weight is 376 g/mol. The number of ketones is 1. The molecule has 4 rings (SSSR count). The Morgan fingerprint density at radius 3 is 2.43 bits per heavy atom. The quantitative estimate of drug-likeness (QED) is 0.444. The number of esters is 1. The fourth-order valence-electron chi connectivity index (χ4n) is 4.33. The van der Waals surface area contributed by atoms with Crippen LogP contribution in [0.25, 0.3) is 0 Å². The lowest BCUT2D eigenvalue weighted by atomic mass is 9.67. The van der Waals surface area contributed by atoms with E-state index in [9.17, 15) is 9.59 Å². The number of hydrogen-bond donors (Lipinski definition) is 0. The standard InChI is InChI=1S/C24H24O4/c1-2-28-24(26)18-10-8-16(9-11-18)20-13-12-19-14-27-15-21(19)22(20)23(25)17-6-4-3-5-7-17/h3-13,19-22H,2,14-15H2,1H3/t19-,20-,21+,22+/m0/s1. The average Bonchev–Trinajstić information content (AvgIpc) is 3.22. The van der Waals surface area contributed by atoms with Gasteiger partial charge in [-0.3, -0.25) is 4.79 Å². The molecule has 1 saturated heterocycles. The first-order valence-electron chi connectivity index (χ1n) is 9.81. The minimum atomic E-state index is -0.325. The zero-order chi connectivity index (χ0) is 19.5. The first-order chi connectivity index (χ1) is 13.7. The molecule has 0 amide bonds. The molecule has 0 spiro atoms. The highest BCUT2D eigenvalue weighted by atomic mass is 16.5. The Bertz CT molecular complexity index is 869. The summed E-state index contributed by atoms with van der Waals surface area (Å²) in [5.74, 6) is 0.0831. The third kappa shape index (κ3) is 3.52. The second-order valence-corrected chi connectivity index (χ2v) is 7.37. The van der Waals surface area contributed by atoms with Gasteiger partial charge in [0, 0.05) is 29.2 Å². The summed E-state index contributed by atoms with van der Waals surface area (Å²) in [5.41, 5.74) is 2.30. The van der Waals surface area contributed by atoms with Gasteiger partial charge in [-0.05, 0) is 24.6 Å². The molecule has 4 nitrogen and oxygen atoms in total. The highest BCUT2D eigenvalue weighted by Crippen LogP contribution is 2.44. The molecular formula is C24H24O4. The fourth-order valence-corrected chi connectivity index (χ4v) is 4.33. The Hall–Kier alpha value is -2.72. The Morgan fingerprint density at radius 1 is 0.964 bits per heavy atom. The lowest BCUT2D eigenvalue weighted by Crippen LogP contribution is -2.35. The van der Waals surface area contributed by atoms with Crippen molar-refractivity contribution in [3.8, 4) is 0 Å². The van der Waals surface area contributed by atoms with Crippen LogP contribution < -0.4 is 0 Å². The van der Waals surface area contributed by atoms with Crippen molar-refractivity contribution in [2.45, 2.75) is 12.8 Å². The van der Waals surface area contributed by atoms with E-state index in [0.29, 0.717) is 25.4 Å². The first-order valence-corrected chi connectivity index (χ1v) is 9.81. The molecule has 144 valence electrons. The monoisotopic (exact) mass is 376 g/mol. The summed E-state index contributed by atoms with van der Waals surface area (Å²) in [6.07, 6.45) is 4.33. The number of fused-ring (bicyclic) bond motifs is 1. The number of carbonyl (C=O) groups is 2. The Labute approximate surface area is 165 Å². The summed E-state index contributed by atoms with van der Waals surface area (Å²) >= 11 is 0. The molecule has 0 unspecified atom stereocenters. The van der Waals surface area contributed by atoms with Crippen LogP contribution in [0.1, 0.15) is 39.1 Å². The van der Waals surface area contributed by atoms with E-state index in [-0.39, 0.29) is 35.4 Å². The molecule has 1 heterocycles. The van der Waals surface area contributed by atoms with Gasteiger partial charge in [0.2, 0.25) is 0 Å². The van der Waals surface area contributed by atoms with Crippen molar-refractivity contribution < 1.29 is 19.1 Å². The number of hydrogen-bond acceptors (Lipinski definition) is 4. The van der Waals surface area contributed by atoms with Crippen LogP contribution in [-0.2, 0) is 9.47 Å². The van der Waals surface area contributed by atoms with Crippen LogP contribution in [0.5, 0.6) is 0 Å². The van der Waals surface area contributed by atoms with E-state index < -0.39 is 0 Å². The SMILES string of the molecule is CCOC(=O)c1ccc([C@@H]2C=C[C@H]3COC[C@H]3[C@@H]2C(=O)c2ccccc2)cc1. The molecule has 2 aromatic rings. The van der Waals surface area contributed by atoms with E-state index in [1.807, 2.05) is 42.5 Å². The van der Waals surface area contributed by atoms with Crippen molar-refractivity contribution in [1.29, 1.82) is 0 Å². The van der Waals surface area contributed by atoms with E-state index in [2.05, 4.69) is 12.2 Å². The minimum Gasteiger partial charge on any atom is -0.462 e. The molecule has 2 aromatic carbocycles. The zero-order valence-electron chi connectivity index (χ0n) is 15.9. The van der Waals surface area contributed by atoms with Gasteiger partial charge in [-0.2, -0.15) is 0 Å². The maximum Gasteiger partial charge on any atom is 0.338 e. The lowest BCUT2D eigenvalue weighted by Gasteiger charge is -2.34. The Kier molecular flexibility index (Phi) is 5.40. The first kappa shape index (κ1) is 18.6. The van der Waals surface area contributed by atoms with Crippen molar-refractivity contribution in [3.63, 3.8) is 0 Å². The van der Waals surface area contributed by atoms with Gasteiger partial charge < -0.3 is 9.47 Å². The topological polar surface area (TPSA) is 52.6 Å². The maximum atomic E-state index is 13.4. The smallest absolute Gasteiger partial charge is 0.338 e. The fraction of sp³-hybridized carbons (Fsp3) is 0.333. The molecule has 1 aliphatic heterocycles. The summed E-state index contributed by atoms with van der Waals surface area (Å²) in [4.78, 5) is 25.4. The van der Waals surface area contributed by atoms with E-state index >= 15 is 0 Å². The maximum absolute atomic E-state index is 13.4. The lowest BCUT2D eigenvalue weighted by molar-refractivity contribution is 0.0526. The molecule has 0 aromatic heterocycles. The van der Waals surface area contributed by atoms with Crippen molar-refractivity contribution in [2.75, 3.05) is 19.8 Å². The van der Waals surface area contributed by atoms with Crippen molar-refractivity contribution >= 4 is 11.8 Å². The van der Waals surface area contributed by atoms with Gasteiger partial charge in [-0.1, -0.05) is 54.6 Å². The number of benzene rings is 2. The van der Waals surface area contributed by atoms with Crippen LogP contribution in [0.2, 0.25) is 0 Å². The number of allylic oxidation sites excluding steroid dienone is 1. The summed E-state index contributed by atoms with van der Waals surface area (Å²) in [6.45, 7) is 3.42. The number of ether oxygens (including phenoxy) is 2. The van der Waals surface area contributed by atoms with Crippen LogP contribution in [0.3, 0.4) is 0 Å². The molecule has 0 N–H and O–H groups in total. The summed E-state index contributed by atoms with van der Waals surface area (Å²) < 4.78 is 10.8. The van der Waals surface area contributed by atoms with Crippen LogP contribution in [0.4, 0.5) is 0 Å². The van der Waals surface area contributed by atoms with E-state index in [4.69, 9.17) is 9.47 Å². The highest BCUT2D eigenvalue weighted by Gasteiger charge is 2.44. The van der Waals surface area contributed by atoms with Crippen molar-refractivity contribution in [3.05, 3.63) is 83.4 Å². The summed E-state index contributed by atoms with van der Waals surface area (Å²) in [6, 6.07) is 16.9. The number of carbonyl (C=O) groups excluding carboxylic acids is 2. The molecule has 1 aliphatic carbocycles. The van der Waals surface area contributed by atoms with Crippen LogP contribution in [0.15, 0.2) is 66.7 Å². The molecule has 28 heavy (non-hydrogen) atoms. The summed E-state index contributed by atoms with van der Waals surface area (Å²) in [7, 11) is 0. The summed E-state index contributed by atoms with van der Waals surface area (Å²) in [5, 5.41) is 0. The van der Waals surface area contributed by atoms with Gasteiger partial charge in [0.15, 0.2) is 5.78 Å². The number of Topliss-reactive ketones (excluding diaryl/α,β-unsaturated/α-hetero) is 1. The van der Waals surface area contributed by atoms with Crippen molar-refractivity contribution in [1.82, 2.24) is 0 Å². The third-order valence-electron chi connectivity index (χ3n) is 5.75. The van der Waals surface area contributed by atoms with Crippen LogP contribution >= 0.6 is 0 Å². The van der Waals surface area contributed by atoms with Crippen LogP contribution in [-0.4, -0.2) is 31.6 Å². The van der Waals surface area contributed by atoms with Crippen molar-refractivity contribution in [2.24, 2.45) is 17.8 Å². The Morgan fingerprint density at radius 2 is 1.71 bits per heavy atom. The second-order valence-electron chi connectivity index (χ2n) is 7.37. The second kappa shape index (κ2) is 8.11. The van der Waals surface area contributed by atoms with Gasteiger partial charge in [0.05, 0.1) is 25.4 Å². The van der Waals surface area contributed by atoms with Gasteiger partial charge in [0.25, 0.3) is 0 Å². The highest BCUT2D eigenvalue weighted by molar-refractivity contribution is 5.99. The van der Waals surface area contributed by atoms with E-state index in [1.54, 1.807) is 19.1 Å². The van der Waals surface area contributed by atoms with Gasteiger partial charge in [-0.25, -0.2) is 4.79 Å². The van der Waals surface area contributed by atoms with Gasteiger partial charge >= 0.3 is 5.97 Å². The minimum absolute atomic E-state index is 0.0353. The Balaban J connectivity index is 1.66. The molecule has 4 atom stereocenters. The zero-order valence-corrected chi connectivity index (χ0v) is 15.9. The normalized spacial score (nSPS) is 25.9. The molecule has 2 aliphatic rings. The third-order valence-corrected chi connectivity index (χ3v) is 5.75. The van der Waals surface area contributed by atoms with Crippen LogP contribution in [0, 0.1) is 17.8 Å². The van der Waals surface area contributed by atoms with Gasteiger partial charge in [0.1, 0.15) is 0 Å². The molecule has 0 radical (unpaired) electrons. The largest absolute Gasteiger partial charge is 0.462 e. The van der Waals surface area contributed by atoms with Gasteiger partial charge in [-0.15, -0.1) is 0 Å². The number of rotatable bonds is 5. The molecule has 0 bridgehead atoms. The molecule has 1 fully saturated rings. The molecular weight excluding hydrogens is 352 g/mol. The molecule has 4 heteroatoms. The predicted molar refractivity (Wildman–Crippen MR) is 106 cm³/mol. The van der Waals surface area contributed by atoms with E-state index in [1.165, 1.54) is 0 Å². The van der Waals surface area contributed by atoms with E-state index in [0.717, 1.165) is 11.1 Å². The predicted octanol–water partition coefficient (Wildman–Crippen LogP) is 4.28. The molecule has 0 saturated carbocycles.